The first-order chi connectivity index (χ1) is 30.4. The van der Waals surface area contributed by atoms with Gasteiger partial charge >= 0.3 is 0 Å². The van der Waals surface area contributed by atoms with Crippen molar-refractivity contribution >= 4 is 22.7 Å². The summed E-state index contributed by atoms with van der Waals surface area (Å²) in [6.07, 6.45) is 4.30. The Morgan fingerprint density at radius 3 is 1.61 bits per heavy atom. The summed E-state index contributed by atoms with van der Waals surface area (Å²) < 4.78 is 0. The van der Waals surface area contributed by atoms with Gasteiger partial charge in [0, 0.05) is 33.6 Å². The van der Waals surface area contributed by atoms with E-state index in [1.54, 1.807) is 0 Å². The molecule has 64 heavy (non-hydrogen) atoms. The van der Waals surface area contributed by atoms with Crippen LogP contribution in [-0.2, 0) is 11.8 Å². The highest BCUT2D eigenvalue weighted by atomic mass is 15.5. The second-order valence-electron chi connectivity index (χ2n) is 22.2. The molecular formula is C60H68N4. The molecule has 4 nitrogen and oxygen atoms in total. The van der Waals surface area contributed by atoms with Gasteiger partial charge in [-0.3, -0.25) is 0 Å². The van der Waals surface area contributed by atoms with Gasteiger partial charge in [0.2, 0.25) is 0 Å². The van der Waals surface area contributed by atoms with Crippen molar-refractivity contribution in [1.82, 2.24) is 0 Å². The fraction of sp³-hybridized carbons (Fsp3) is 0.400. The molecule has 4 aliphatic heterocycles. The van der Waals surface area contributed by atoms with Gasteiger partial charge in [0.1, 0.15) is 12.3 Å². The molecule has 11 rings (SSSR count). The smallest absolute Gasteiger partial charge is 0.110 e. The molecule has 4 unspecified atom stereocenters. The first-order valence-electron chi connectivity index (χ1n) is 24.2. The van der Waals surface area contributed by atoms with Gasteiger partial charge < -0.3 is 19.6 Å². The van der Waals surface area contributed by atoms with Gasteiger partial charge in [-0.2, -0.15) is 0 Å². The molecule has 4 atom stereocenters. The maximum Gasteiger partial charge on any atom is 0.110 e. The molecule has 0 N–H and O–H groups in total. The van der Waals surface area contributed by atoms with Crippen LogP contribution in [0, 0.1) is 19.3 Å². The minimum Gasteiger partial charge on any atom is -0.344 e. The van der Waals surface area contributed by atoms with Gasteiger partial charge in [0.25, 0.3) is 0 Å². The second-order valence-corrected chi connectivity index (χ2v) is 22.2. The number of hydrogen-bond acceptors (Lipinski definition) is 4. The highest BCUT2D eigenvalue weighted by Gasteiger charge is 2.72. The first kappa shape index (κ1) is 41.2. The Hall–Kier alpha value is -5.48. The topological polar surface area (TPSA) is 13.0 Å². The molecule has 0 saturated carbocycles. The predicted molar refractivity (Wildman–Crippen MR) is 272 cm³/mol. The van der Waals surface area contributed by atoms with E-state index >= 15 is 0 Å². The Balaban J connectivity index is 1.31. The van der Waals surface area contributed by atoms with Crippen molar-refractivity contribution < 1.29 is 0 Å². The Morgan fingerprint density at radius 1 is 0.484 bits per heavy atom. The Labute approximate surface area is 383 Å². The lowest BCUT2D eigenvalue weighted by atomic mass is 9.49. The maximum atomic E-state index is 2.93. The third kappa shape index (κ3) is 5.06. The van der Waals surface area contributed by atoms with Crippen molar-refractivity contribution in [2.75, 3.05) is 19.6 Å². The molecule has 1 aliphatic carbocycles. The summed E-state index contributed by atoms with van der Waals surface area (Å²) in [5.41, 5.74) is 17.6. The Bertz CT molecular complexity index is 2810. The molecule has 4 heterocycles. The molecule has 5 aliphatic rings. The molecule has 6 aromatic carbocycles. The molecule has 0 amide bonds. The zero-order chi connectivity index (χ0) is 44.9. The highest BCUT2D eigenvalue weighted by Crippen LogP contribution is 2.69. The summed E-state index contributed by atoms with van der Waals surface area (Å²) >= 11 is 0. The van der Waals surface area contributed by atoms with Crippen LogP contribution in [0.25, 0.3) is 33.4 Å². The standard InChI is InChI=1S/C60H68N4/c1-13-59-38-52-61(45-22-17-15-18-23-45)55(5,6)57(9,10)63(52)51-31-29-42(36-49(51)59)48-27-21-26-47(53(48)43-33-39(3)32-40(4)34-43)41-28-30-50-44(35-41)37-60(59,14-2)54-62(46-24-19-16-20-25-46)56(7,8)58(11,12)64(50)54/h15-36,52,54H,13-14,37-38H2,1-12H3. The summed E-state index contributed by atoms with van der Waals surface area (Å²) in [6.45, 7) is 29.7. The van der Waals surface area contributed by atoms with Gasteiger partial charge in [-0.15, -0.1) is 0 Å². The van der Waals surface area contributed by atoms with Crippen molar-refractivity contribution in [1.29, 1.82) is 0 Å². The molecule has 328 valence electrons. The third-order valence-corrected chi connectivity index (χ3v) is 18.6. The van der Waals surface area contributed by atoms with Gasteiger partial charge in [-0.05, 0) is 188 Å². The van der Waals surface area contributed by atoms with Crippen molar-refractivity contribution in [3.05, 3.63) is 156 Å². The van der Waals surface area contributed by atoms with E-state index in [4.69, 9.17) is 0 Å². The molecule has 4 heteroatoms. The lowest BCUT2D eigenvalue weighted by Gasteiger charge is -2.64. The van der Waals surface area contributed by atoms with E-state index in [1.807, 2.05) is 0 Å². The quantitative estimate of drug-likeness (QED) is 0.171. The summed E-state index contributed by atoms with van der Waals surface area (Å²) in [6, 6.07) is 52.4. The van der Waals surface area contributed by atoms with Crippen LogP contribution in [0.2, 0.25) is 0 Å². The molecule has 2 saturated heterocycles. The molecule has 6 aromatic rings. The SMILES string of the molecule is CCC12CC3N(c4ccccc4)C(C)(C)C(C)(C)N3c3ccc(cc31)-c1cccc(c1-c1cc(C)cc(C)c1)-c1ccc3c(c1)CC2(CC)C1N(c2ccccc2)C(C)(C)C(C)(C)N31. The normalized spacial score (nSPS) is 26.0. The van der Waals surface area contributed by atoms with Crippen molar-refractivity contribution in [2.24, 2.45) is 5.41 Å². The van der Waals surface area contributed by atoms with Gasteiger partial charge in [-0.25, -0.2) is 0 Å². The summed E-state index contributed by atoms with van der Waals surface area (Å²) in [4.78, 5) is 11.5. The molecule has 0 radical (unpaired) electrons. The van der Waals surface area contributed by atoms with Crippen LogP contribution in [0.1, 0.15) is 111 Å². The van der Waals surface area contributed by atoms with E-state index in [1.165, 1.54) is 78.4 Å². The first-order valence-corrected chi connectivity index (χ1v) is 24.2. The number of aryl methyl sites for hydroxylation is 2. The van der Waals surface area contributed by atoms with Crippen molar-refractivity contribution in [2.45, 2.75) is 149 Å². The van der Waals surface area contributed by atoms with Crippen LogP contribution in [0.4, 0.5) is 22.7 Å². The number of hydrogen-bond donors (Lipinski definition) is 0. The maximum absolute atomic E-state index is 2.93. The fourth-order valence-corrected chi connectivity index (χ4v) is 14.4. The van der Waals surface area contributed by atoms with E-state index in [0.717, 1.165) is 25.7 Å². The van der Waals surface area contributed by atoms with Crippen LogP contribution in [0.5, 0.6) is 0 Å². The summed E-state index contributed by atoms with van der Waals surface area (Å²) in [7, 11) is 0. The monoisotopic (exact) mass is 845 g/mol. The van der Waals surface area contributed by atoms with E-state index in [2.05, 4.69) is 236 Å². The van der Waals surface area contributed by atoms with E-state index in [9.17, 15) is 0 Å². The molecule has 2 fully saturated rings. The third-order valence-electron chi connectivity index (χ3n) is 18.6. The fourth-order valence-electron chi connectivity index (χ4n) is 14.4. The average Bonchev–Trinajstić information content (AvgIpc) is 3.55. The highest BCUT2D eigenvalue weighted by molar-refractivity contribution is 5.96. The van der Waals surface area contributed by atoms with E-state index in [-0.39, 0.29) is 45.3 Å². The van der Waals surface area contributed by atoms with Crippen LogP contribution in [0.3, 0.4) is 0 Å². The van der Waals surface area contributed by atoms with Gasteiger partial charge in [0.05, 0.1) is 22.2 Å². The molecule has 0 aromatic heterocycles. The zero-order valence-corrected chi connectivity index (χ0v) is 40.5. The van der Waals surface area contributed by atoms with Crippen LogP contribution < -0.4 is 19.6 Å². The number of para-hydroxylation sites is 2. The van der Waals surface area contributed by atoms with Crippen molar-refractivity contribution in [3.63, 3.8) is 0 Å². The number of rotatable bonds is 5. The van der Waals surface area contributed by atoms with E-state index in [0.29, 0.717) is 0 Å². The predicted octanol–water partition coefficient (Wildman–Crippen LogP) is 14.7. The minimum atomic E-state index is -0.241. The molecule has 0 spiro atoms. The van der Waals surface area contributed by atoms with Gasteiger partial charge in [0.15, 0.2) is 0 Å². The summed E-state index contributed by atoms with van der Waals surface area (Å²) in [5, 5.41) is 0. The molecular weight excluding hydrogens is 777 g/mol. The van der Waals surface area contributed by atoms with E-state index < -0.39 is 0 Å². The summed E-state index contributed by atoms with van der Waals surface area (Å²) in [5.74, 6) is 0. The average molecular weight is 845 g/mol. The minimum absolute atomic E-state index is 0.0884. The van der Waals surface area contributed by atoms with Gasteiger partial charge in [-0.1, -0.05) is 110 Å². The van der Waals surface area contributed by atoms with Crippen LogP contribution in [0.15, 0.2) is 133 Å². The lowest BCUT2D eigenvalue weighted by molar-refractivity contribution is 0.0412. The largest absolute Gasteiger partial charge is 0.344 e. The number of benzene rings is 6. The van der Waals surface area contributed by atoms with Crippen molar-refractivity contribution in [3.8, 4) is 33.4 Å². The lowest BCUT2D eigenvalue weighted by Crippen LogP contribution is -2.68. The Kier molecular flexibility index (Phi) is 8.72. The number of nitrogens with zero attached hydrogens (tertiary/aromatic N) is 4. The number of fused-ring (bicyclic) bond motifs is 13. The van der Waals surface area contributed by atoms with Crippen LogP contribution >= 0.6 is 0 Å². The number of anilines is 4. The second kappa shape index (κ2) is 13.5. The van der Waals surface area contributed by atoms with Crippen LogP contribution in [-0.4, -0.2) is 34.5 Å². The Morgan fingerprint density at radius 2 is 1.02 bits per heavy atom. The zero-order valence-electron chi connectivity index (χ0n) is 40.5. The molecule has 7 bridgehead atoms.